The molecule has 17 heavy (non-hydrogen) atoms. The Morgan fingerprint density at radius 1 is 1.12 bits per heavy atom. The van der Waals surface area contributed by atoms with Crippen LogP contribution in [-0.4, -0.2) is 0 Å². The van der Waals surface area contributed by atoms with Gasteiger partial charge in [0.25, 0.3) is 0 Å². The Bertz CT molecular complexity index is 493. The molecule has 0 radical (unpaired) electrons. The number of halogens is 3. The maximum atomic E-state index is 13.5. The maximum absolute atomic E-state index is 13.5. The van der Waals surface area contributed by atoms with E-state index in [4.69, 9.17) is 11.6 Å². The smallest absolute Gasteiger partial charge is 0.147 e. The lowest BCUT2D eigenvalue weighted by molar-refractivity contribution is 0.629. The first-order valence-electron chi connectivity index (χ1n) is 5.09. The van der Waals surface area contributed by atoms with Crippen LogP contribution in [0.2, 0.25) is 5.02 Å². The van der Waals surface area contributed by atoms with Gasteiger partial charge < -0.3 is 5.32 Å². The third kappa shape index (κ3) is 3.20. The van der Waals surface area contributed by atoms with Gasteiger partial charge in [-0.1, -0.05) is 29.8 Å². The molecule has 0 aliphatic carbocycles. The van der Waals surface area contributed by atoms with Gasteiger partial charge in [0.15, 0.2) is 0 Å². The minimum atomic E-state index is -0.270. The summed E-state index contributed by atoms with van der Waals surface area (Å²) < 4.78 is 14.2. The Hall–Kier alpha value is -1.06. The highest BCUT2D eigenvalue weighted by Gasteiger charge is 2.05. The first kappa shape index (κ1) is 12.4. The Balaban J connectivity index is 2.10. The van der Waals surface area contributed by atoms with Gasteiger partial charge in [0, 0.05) is 16.0 Å². The number of para-hydroxylation sites is 1. The van der Waals surface area contributed by atoms with Crippen LogP contribution in [0.3, 0.4) is 0 Å². The van der Waals surface area contributed by atoms with E-state index in [0.29, 0.717) is 21.7 Å². The molecule has 1 nitrogen and oxygen atoms in total. The zero-order chi connectivity index (χ0) is 12.3. The van der Waals surface area contributed by atoms with E-state index in [-0.39, 0.29) is 5.82 Å². The third-order valence-electron chi connectivity index (χ3n) is 2.35. The number of hydrogen-bond donors (Lipinski definition) is 1. The van der Waals surface area contributed by atoms with Crippen LogP contribution in [0.5, 0.6) is 0 Å². The highest BCUT2D eigenvalue weighted by molar-refractivity contribution is 9.10. The van der Waals surface area contributed by atoms with Crippen LogP contribution in [0.15, 0.2) is 46.9 Å². The van der Waals surface area contributed by atoms with Gasteiger partial charge in [0.05, 0.1) is 5.69 Å². The van der Waals surface area contributed by atoms with Crippen molar-refractivity contribution in [3.8, 4) is 0 Å². The molecule has 0 aliphatic rings. The molecule has 0 bridgehead atoms. The fourth-order valence-electron chi connectivity index (χ4n) is 1.46. The lowest BCUT2D eigenvalue weighted by atomic mass is 10.2. The van der Waals surface area contributed by atoms with Crippen molar-refractivity contribution in [1.82, 2.24) is 0 Å². The van der Waals surface area contributed by atoms with Crippen LogP contribution in [0.25, 0.3) is 0 Å². The van der Waals surface area contributed by atoms with Crippen LogP contribution in [-0.2, 0) is 6.54 Å². The van der Waals surface area contributed by atoms with Crippen molar-refractivity contribution in [2.45, 2.75) is 6.54 Å². The van der Waals surface area contributed by atoms with Crippen molar-refractivity contribution < 1.29 is 4.39 Å². The van der Waals surface area contributed by atoms with E-state index in [1.54, 1.807) is 12.1 Å². The Kier molecular flexibility index (Phi) is 4.02. The van der Waals surface area contributed by atoms with Crippen molar-refractivity contribution in [2.75, 3.05) is 5.32 Å². The maximum Gasteiger partial charge on any atom is 0.147 e. The Morgan fingerprint density at radius 3 is 2.47 bits per heavy atom. The van der Waals surface area contributed by atoms with Crippen LogP contribution < -0.4 is 5.32 Å². The lowest BCUT2D eigenvalue weighted by Crippen LogP contribution is -2.02. The molecule has 2 aromatic carbocycles. The summed E-state index contributed by atoms with van der Waals surface area (Å²) in [5.74, 6) is -0.270. The molecule has 0 amide bonds. The highest BCUT2D eigenvalue weighted by Crippen LogP contribution is 2.25. The van der Waals surface area contributed by atoms with E-state index in [2.05, 4.69) is 21.2 Å². The summed E-state index contributed by atoms with van der Waals surface area (Å²) in [5, 5.41) is 3.75. The second-order valence-electron chi connectivity index (χ2n) is 3.58. The fourth-order valence-corrected chi connectivity index (χ4v) is 2.07. The van der Waals surface area contributed by atoms with Gasteiger partial charge in [-0.3, -0.25) is 0 Å². The van der Waals surface area contributed by atoms with E-state index in [1.165, 1.54) is 6.07 Å². The second kappa shape index (κ2) is 5.52. The minimum absolute atomic E-state index is 0.270. The van der Waals surface area contributed by atoms with Gasteiger partial charge >= 0.3 is 0 Å². The standard InChI is InChI=1S/C13H10BrClFN/c14-11-2-1-3-12(16)13(11)17-8-9-4-6-10(15)7-5-9/h1-7,17H,8H2. The predicted molar refractivity (Wildman–Crippen MR) is 72.9 cm³/mol. The van der Waals surface area contributed by atoms with E-state index in [1.807, 2.05) is 24.3 Å². The summed E-state index contributed by atoms with van der Waals surface area (Å²) in [7, 11) is 0. The van der Waals surface area contributed by atoms with E-state index < -0.39 is 0 Å². The quantitative estimate of drug-likeness (QED) is 0.853. The zero-order valence-electron chi connectivity index (χ0n) is 8.88. The second-order valence-corrected chi connectivity index (χ2v) is 4.87. The van der Waals surface area contributed by atoms with Gasteiger partial charge in [0.2, 0.25) is 0 Å². The molecule has 2 aromatic rings. The summed E-state index contributed by atoms with van der Waals surface area (Å²) in [6.07, 6.45) is 0. The molecule has 1 N–H and O–H groups in total. The normalized spacial score (nSPS) is 10.3. The average Bonchev–Trinajstić information content (AvgIpc) is 2.31. The van der Waals surface area contributed by atoms with Gasteiger partial charge in [-0.25, -0.2) is 4.39 Å². The predicted octanol–water partition coefficient (Wildman–Crippen LogP) is 4.85. The summed E-state index contributed by atoms with van der Waals surface area (Å²) in [6, 6.07) is 12.3. The molecule has 0 spiro atoms. The topological polar surface area (TPSA) is 12.0 Å². The van der Waals surface area contributed by atoms with Gasteiger partial charge in [0.1, 0.15) is 5.82 Å². The number of rotatable bonds is 3. The molecular formula is C13H10BrClFN. The van der Waals surface area contributed by atoms with Crippen LogP contribution in [0.1, 0.15) is 5.56 Å². The first-order chi connectivity index (χ1) is 8.16. The molecule has 0 heterocycles. The molecule has 0 fully saturated rings. The number of hydrogen-bond acceptors (Lipinski definition) is 1. The van der Waals surface area contributed by atoms with Crippen LogP contribution >= 0.6 is 27.5 Å². The van der Waals surface area contributed by atoms with E-state index in [0.717, 1.165) is 5.56 Å². The van der Waals surface area contributed by atoms with Crippen molar-refractivity contribution >= 4 is 33.2 Å². The third-order valence-corrected chi connectivity index (χ3v) is 3.26. The zero-order valence-corrected chi connectivity index (χ0v) is 11.2. The molecule has 0 unspecified atom stereocenters. The van der Waals surface area contributed by atoms with Crippen molar-refractivity contribution in [3.05, 3.63) is 63.3 Å². The molecule has 0 atom stereocenters. The SMILES string of the molecule is Fc1cccc(Br)c1NCc1ccc(Cl)cc1. The number of benzene rings is 2. The van der Waals surface area contributed by atoms with Gasteiger partial charge in [-0.15, -0.1) is 0 Å². The summed E-state index contributed by atoms with van der Waals surface area (Å²) in [5.41, 5.74) is 1.52. The summed E-state index contributed by atoms with van der Waals surface area (Å²) in [4.78, 5) is 0. The van der Waals surface area contributed by atoms with Crippen molar-refractivity contribution in [1.29, 1.82) is 0 Å². The molecule has 0 saturated heterocycles. The molecule has 0 aliphatic heterocycles. The Morgan fingerprint density at radius 2 is 1.82 bits per heavy atom. The Labute approximate surface area is 113 Å². The first-order valence-corrected chi connectivity index (χ1v) is 6.26. The van der Waals surface area contributed by atoms with E-state index >= 15 is 0 Å². The number of anilines is 1. The monoisotopic (exact) mass is 313 g/mol. The molecule has 2 rings (SSSR count). The molecule has 88 valence electrons. The molecule has 0 aromatic heterocycles. The van der Waals surface area contributed by atoms with Crippen LogP contribution in [0, 0.1) is 5.82 Å². The van der Waals surface area contributed by atoms with Gasteiger partial charge in [-0.2, -0.15) is 0 Å². The highest BCUT2D eigenvalue weighted by atomic mass is 79.9. The van der Waals surface area contributed by atoms with Crippen molar-refractivity contribution in [2.24, 2.45) is 0 Å². The molecule has 0 saturated carbocycles. The van der Waals surface area contributed by atoms with Crippen molar-refractivity contribution in [3.63, 3.8) is 0 Å². The largest absolute Gasteiger partial charge is 0.378 e. The minimum Gasteiger partial charge on any atom is -0.378 e. The fraction of sp³-hybridized carbons (Fsp3) is 0.0769. The molecule has 4 heteroatoms. The lowest BCUT2D eigenvalue weighted by Gasteiger charge is -2.09. The summed E-state index contributed by atoms with van der Waals surface area (Å²) in [6.45, 7) is 0.552. The number of nitrogens with one attached hydrogen (secondary N) is 1. The average molecular weight is 315 g/mol. The van der Waals surface area contributed by atoms with E-state index in [9.17, 15) is 4.39 Å². The molecular weight excluding hydrogens is 305 g/mol. The summed E-state index contributed by atoms with van der Waals surface area (Å²) >= 11 is 9.10. The van der Waals surface area contributed by atoms with Crippen LogP contribution in [0.4, 0.5) is 10.1 Å². The van der Waals surface area contributed by atoms with Gasteiger partial charge in [-0.05, 0) is 45.8 Å².